The first kappa shape index (κ1) is 20.1. The van der Waals surface area contributed by atoms with Crippen molar-refractivity contribution in [3.05, 3.63) is 91.8 Å². The van der Waals surface area contributed by atoms with Crippen molar-refractivity contribution in [3.63, 3.8) is 0 Å². The SMILES string of the molecule is Cc1cc(Br)cc2c(C(=O)Nc3ccc(Br)cc3)cc(-c3ccc(Cl)cc3)nc12. The Kier molecular flexibility index (Phi) is 5.72. The van der Waals surface area contributed by atoms with E-state index in [-0.39, 0.29) is 5.91 Å². The van der Waals surface area contributed by atoms with Crippen LogP contribution in [0.5, 0.6) is 0 Å². The number of carbonyl (C=O) groups is 1. The van der Waals surface area contributed by atoms with E-state index in [1.807, 2.05) is 73.7 Å². The van der Waals surface area contributed by atoms with Crippen molar-refractivity contribution in [2.24, 2.45) is 0 Å². The number of rotatable bonds is 3. The van der Waals surface area contributed by atoms with Crippen LogP contribution in [-0.2, 0) is 0 Å². The molecule has 1 amide bonds. The van der Waals surface area contributed by atoms with Crippen molar-refractivity contribution in [1.29, 1.82) is 0 Å². The van der Waals surface area contributed by atoms with E-state index in [4.69, 9.17) is 16.6 Å². The third kappa shape index (κ3) is 4.37. The van der Waals surface area contributed by atoms with Crippen LogP contribution in [0.4, 0.5) is 5.69 Å². The van der Waals surface area contributed by atoms with E-state index in [1.54, 1.807) is 0 Å². The molecule has 0 saturated heterocycles. The molecular formula is C23H15Br2ClN2O. The van der Waals surface area contributed by atoms with Crippen LogP contribution in [0.3, 0.4) is 0 Å². The number of hydrogen-bond donors (Lipinski definition) is 1. The number of hydrogen-bond acceptors (Lipinski definition) is 2. The van der Waals surface area contributed by atoms with Crippen LogP contribution in [0, 0.1) is 6.92 Å². The van der Waals surface area contributed by atoms with Crippen molar-refractivity contribution < 1.29 is 4.79 Å². The van der Waals surface area contributed by atoms with E-state index < -0.39 is 0 Å². The third-order valence-corrected chi connectivity index (χ3v) is 5.79. The lowest BCUT2D eigenvalue weighted by atomic mass is 10.0. The minimum atomic E-state index is -0.188. The fourth-order valence-electron chi connectivity index (χ4n) is 3.14. The first-order valence-electron chi connectivity index (χ1n) is 8.84. The van der Waals surface area contributed by atoms with Gasteiger partial charge in [0.2, 0.25) is 0 Å². The number of aromatic nitrogens is 1. The van der Waals surface area contributed by atoms with Crippen molar-refractivity contribution >= 4 is 66.0 Å². The Morgan fingerprint density at radius 3 is 2.31 bits per heavy atom. The molecule has 0 aliphatic rings. The maximum atomic E-state index is 13.2. The van der Waals surface area contributed by atoms with Crippen LogP contribution < -0.4 is 5.32 Å². The zero-order chi connectivity index (χ0) is 20.5. The quantitative estimate of drug-likeness (QED) is 0.296. The molecule has 1 heterocycles. The van der Waals surface area contributed by atoms with Gasteiger partial charge < -0.3 is 5.32 Å². The van der Waals surface area contributed by atoms with Crippen molar-refractivity contribution in [2.45, 2.75) is 6.92 Å². The topological polar surface area (TPSA) is 42.0 Å². The number of pyridine rings is 1. The van der Waals surface area contributed by atoms with Crippen molar-refractivity contribution in [1.82, 2.24) is 4.98 Å². The summed E-state index contributed by atoms with van der Waals surface area (Å²) in [6.45, 7) is 1.99. The van der Waals surface area contributed by atoms with Gasteiger partial charge in [-0.1, -0.05) is 55.6 Å². The molecule has 0 radical (unpaired) electrons. The molecular weight excluding hydrogens is 516 g/mol. The summed E-state index contributed by atoms with van der Waals surface area (Å²) >= 11 is 13.0. The van der Waals surface area contributed by atoms with Gasteiger partial charge in [0, 0.05) is 30.6 Å². The minimum absolute atomic E-state index is 0.188. The van der Waals surface area contributed by atoms with Gasteiger partial charge in [-0.2, -0.15) is 0 Å². The van der Waals surface area contributed by atoms with Gasteiger partial charge in [-0.25, -0.2) is 4.98 Å². The smallest absolute Gasteiger partial charge is 0.256 e. The minimum Gasteiger partial charge on any atom is -0.322 e. The highest BCUT2D eigenvalue weighted by atomic mass is 79.9. The second kappa shape index (κ2) is 8.27. The molecule has 144 valence electrons. The number of benzene rings is 3. The standard InChI is InChI=1S/C23H15Br2ClN2O/c1-13-10-16(25)11-19-20(23(29)27-18-8-4-15(24)5-9-18)12-21(28-22(13)19)14-2-6-17(26)7-3-14/h2-12H,1H3,(H,27,29). The molecule has 0 saturated carbocycles. The Labute approximate surface area is 190 Å². The van der Waals surface area contributed by atoms with Gasteiger partial charge in [0.25, 0.3) is 5.91 Å². The molecule has 4 rings (SSSR count). The van der Waals surface area contributed by atoms with Crippen molar-refractivity contribution in [2.75, 3.05) is 5.32 Å². The molecule has 6 heteroatoms. The summed E-state index contributed by atoms with van der Waals surface area (Å²) in [6, 6.07) is 20.7. The normalized spacial score (nSPS) is 10.9. The summed E-state index contributed by atoms with van der Waals surface area (Å²) in [7, 11) is 0. The number of halogens is 3. The number of fused-ring (bicyclic) bond motifs is 1. The van der Waals surface area contributed by atoms with Gasteiger partial charge >= 0.3 is 0 Å². The highest BCUT2D eigenvalue weighted by Crippen LogP contribution is 2.30. The lowest BCUT2D eigenvalue weighted by Gasteiger charge is -2.13. The Bertz CT molecular complexity index is 1220. The zero-order valence-electron chi connectivity index (χ0n) is 15.3. The molecule has 3 aromatic carbocycles. The molecule has 0 spiro atoms. The monoisotopic (exact) mass is 528 g/mol. The highest BCUT2D eigenvalue weighted by Gasteiger charge is 2.16. The Hall–Kier alpha value is -2.21. The zero-order valence-corrected chi connectivity index (χ0v) is 19.3. The largest absolute Gasteiger partial charge is 0.322 e. The van der Waals surface area contributed by atoms with E-state index >= 15 is 0 Å². The molecule has 3 nitrogen and oxygen atoms in total. The molecule has 0 aliphatic carbocycles. The summed E-state index contributed by atoms with van der Waals surface area (Å²) in [6.07, 6.45) is 0. The lowest BCUT2D eigenvalue weighted by Crippen LogP contribution is -2.13. The van der Waals surface area contributed by atoms with Gasteiger partial charge in [0.05, 0.1) is 16.8 Å². The predicted molar refractivity (Wildman–Crippen MR) is 127 cm³/mol. The highest BCUT2D eigenvalue weighted by molar-refractivity contribution is 9.10. The number of nitrogens with zero attached hydrogens (tertiary/aromatic N) is 1. The van der Waals surface area contributed by atoms with E-state index in [1.165, 1.54) is 0 Å². The maximum Gasteiger partial charge on any atom is 0.256 e. The molecule has 1 aromatic heterocycles. The molecule has 0 atom stereocenters. The summed E-state index contributed by atoms with van der Waals surface area (Å²) in [5, 5.41) is 4.43. The average molecular weight is 531 g/mol. The van der Waals surface area contributed by atoms with E-state index in [9.17, 15) is 4.79 Å². The number of carbonyl (C=O) groups excluding carboxylic acids is 1. The average Bonchev–Trinajstić information content (AvgIpc) is 2.69. The number of amides is 1. The van der Waals surface area contributed by atoms with Crippen LogP contribution in [0.15, 0.2) is 75.7 Å². The van der Waals surface area contributed by atoms with E-state index in [0.717, 1.165) is 42.4 Å². The third-order valence-electron chi connectivity index (χ3n) is 4.56. The van der Waals surface area contributed by atoms with E-state index in [0.29, 0.717) is 10.6 Å². The van der Waals surface area contributed by atoms with Gasteiger partial charge in [0.15, 0.2) is 0 Å². The molecule has 1 N–H and O–H groups in total. The maximum absolute atomic E-state index is 13.2. The van der Waals surface area contributed by atoms with Crippen LogP contribution in [0.25, 0.3) is 22.2 Å². The summed E-state index contributed by atoms with van der Waals surface area (Å²) in [4.78, 5) is 18.0. The molecule has 0 bridgehead atoms. The van der Waals surface area contributed by atoms with Crippen LogP contribution >= 0.6 is 43.5 Å². The van der Waals surface area contributed by atoms with Gasteiger partial charge in [-0.05, 0) is 67.1 Å². The second-order valence-electron chi connectivity index (χ2n) is 6.64. The molecule has 4 aromatic rings. The molecule has 0 unspecified atom stereocenters. The summed E-state index contributed by atoms with van der Waals surface area (Å²) < 4.78 is 1.86. The van der Waals surface area contributed by atoms with Crippen LogP contribution in [0.1, 0.15) is 15.9 Å². The summed E-state index contributed by atoms with van der Waals surface area (Å²) in [5.41, 5.74) is 4.69. The lowest BCUT2D eigenvalue weighted by molar-refractivity contribution is 0.102. The Morgan fingerprint density at radius 1 is 0.931 bits per heavy atom. The fourth-order valence-corrected chi connectivity index (χ4v) is 4.11. The Balaban J connectivity index is 1.86. The van der Waals surface area contributed by atoms with E-state index in [2.05, 4.69) is 37.2 Å². The van der Waals surface area contributed by atoms with Crippen molar-refractivity contribution in [3.8, 4) is 11.3 Å². The first-order valence-corrected chi connectivity index (χ1v) is 10.8. The molecule has 29 heavy (non-hydrogen) atoms. The number of aryl methyl sites for hydroxylation is 1. The molecule has 0 fully saturated rings. The number of nitrogens with one attached hydrogen (secondary N) is 1. The van der Waals surface area contributed by atoms with Gasteiger partial charge in [-0.3, -0.25) is 4.79 Å². The second-order valence-corrected chi connectivity index (χ2v) is 8.91. The first-order chi connectivity index (χ1) is 13.9. The Morgan fingerprint density at radius 2 is 1.62 bits per heavy atom. The predicted octanol–water partition coefficient (Wildman–Crippen LogP) is 7.64. The van der Waals surface area contributed by atoms with Gasteiger partial charge in [0.1, 0.15) is 0 Å². The summed E-state index contributed by atoms with van der Waals surface area (Å²) in [5.74, 6) is -0.188. The van der Waals surface area contributed by atoms with Gasteiger partial charge in [-0.15, -0.1) is 0 Å². The fraction of sp³-hybridized carbons (Fsp3) is 0.0435. The van der Waals surface area contributed by atoms with Crippen LogP contribution in [0.2, 0.25) is 5.02 Å². The molecule has 0 aliphatic heterocycles. The van der Waals surface area contributed by atoms with Crippen LogP contribution in [-0.4, -0.2) is 10.9 Å². The number of anilines is 1.